The summed E-state index contributed by atoms with van der Waals surface area (Å²) in [5, 5.41) is 9.13. The number of benzene rings is 1. The van der Waals surface area contributed by atoms with Crippen LogP contribution in [-0.4, -0.2) is 19.0 Å². The standard InChI is InChI=1S/C11H11ClN2O2/c1-16-10(15)11(6-12,7-13)8-2-4-9(14)5-3-8/h2-5H,6,14H2,1H3. The number of nitrogens with two attached hydrogens (primary N) is 1. The van der Waals surface area contributed by atoms with Crippen molar-refractivity contribution in [1.82, 2.24) is 0 Å². The molecule has 0 saturated heterocycles. The number of rotatable bonds is 3. The van der Waals surface area contributed by atoms with Crippen molar-refractivity contribution in [3.63, 3.8) is 0 Å². The van der Waals surface area contributed by atoms with E-state index in [1.54, 1.807) is 24.3 Å². The first-order chi connectivity index (χ1) is 7.60. The minimum Gasteiger partial charge on any atom is -0.468 e. The molecule has 0 bridgehead atoms. The van der Waals surface area contributed by atoms with E-state index in [0.717, 1.165) is 0 Å². The summed E-state index contributed by atoms with van der Waals surface area (Å²) >= 11 is 5.72. The third kappa shape index (κ3) is 1.95. The number of nitriles is 1. The van der Waals surface area contributed by atoms with Crippen molar-refractivity contribution in [2.45, 2.75) is 5.41 Å². The molecule has 0 saturated carbocycles. The number of carbonyl (C=O) groups excluding carboxylic acids is 1. The summed E-state index contributed by atoms with van der Waals surface area (Å²) in [4.78, 5) is 11.6. The molecule has 0 aliphatic rings. The van der Waals surface area contributed by atoms with Crippen molar-refractivity contribution in [2.75, 3.05) is 18.7 Å². The van der Waals surface area contributed by atoms with Gasteiger partial charge in [0.15, 0.2) is 5.41 Å². The van der Waals surface area contributed by atoms with Crippen molar-refractivity contribution in [1.29, 1.82) is 5.26 Å². The summed E-state index contributed by atoms with van der Waals surface area (Å²) in [5.74, 6) is -0.838. The maximum absolute atomic E-state index is 11.6. The Balaban J connectivity index is 3.27. The van der Waals surface area contributed by atoms with Gasteiger partial charge in [-0.3, -0.25) is 0 Å². The lowest BCUT2D eigenvalue weighted by Crippen LogP contribution is -2.37. The molecule has 0 fully saturated rings. The number of ether oxygens (including phenoxy) is 1. The van der Waals surface area contributed by atoms with Crippen molar-refractivity contribution in [2.24, 2.45) is 0 Å². The maximum Gasteiger partial charge on any atom is 0.332 e. The van der Waals surface area contributed by atoms with Gasteiger partial charge < -0.3 is 10.5 Å². The summed E-state index contributed by atoms with van der Waals surface area (Å²) in [6, 6.07) is 8.31. The second-order valence-corrected chi connectivity index (χ2v) is 3.53. The third-order valence-corrected chi connectivity index (χ3v) is 2.73. The summed E-state index contributed by atoms with van der Waals surface area (Å²) in [5.41, 5.74) is 5.09. The van der Waals surface area contributed by atoms with Crippen LogP contribution in [-0.2, 0) is 14.9 Å². The van der Waals surface area contributed by atoms with Gasteiger partial charge in [0.25, 0.3) is 0 Å². The second kappa shape index (κ2) is 4.86. The van der Waals surface area contributed by atoms with E-state index in [0.29, 0.717) is 11.3 Å². The van der Waals surface area contributed by atoms with Gasteiger partial charge >= 0.3 is 5.97 Å². The van der Waals surface area contributed by atoms with E-state index in [9.17, 15) is 4.79 Å². The van der Waals surface area contributed by atoms with Crippen molar-refractivity contribution in [3.8, 4) is 6.07 Å². The van der Waals surface area contributed by atoms with Crippen LogP contribution in [0.3, 0.4) is 0 Å². The fourth-order valence-corrected chi connectivity index (χ4v) is 1.65. The van der Waals surface area contributed by atoms with Gasteiger partial charge in [-0.05, 0) is 17.7 Å². The Hall–Kier alpha value is -1.73. The molecule has 2 N–H and O–H groups in total. The predicted octanol–water partition coefficient (Wildman–Crippen LogP) is 1.44. The van der Waals surface area contributed by atoms with E-state index in [-0.39, 0.29) is 5.88 Å². The zero-order valence-electron chi connectivity index (χ0n) is 8.74. The molecular formula is C11H11ClN2O2. The molecular weight excluding hydrogens is 228 g/mol. The Bertz CT molecular complexity index is 425. The lowest BCUT2D eigenvalue weighted by Gasteiger charge is -2.21. The van der Waals surface area contributed by atoms with E-state index in [2.05, 4.69) is 4.74 Å². The van der Waals surface area contributed by atoms with Gasteiger partial charge in [0.05, 0.1) is 19.1 Å². The molecule has 0 spiro atoms. The number of halogens is 1. The zero-order chi connectivity index (χ0) is 12.2. The summed E-state index contributed by atoms with van der Waals surface area (Å²) < 4.78 is 4.61. The molecule has 16 heavy (non-hydrogen) atoms. The fraction of sp³-hybridized carbons (Fsp3) is 0.273. The molecule has 1 rings (SSSR count). The largest absolute Gasteiger partial charge is 0.468 e. The number of alkyl halides is 1. The average Bonchev–Trinajstić information content (AvgIpc) is 2.33. The second-order valence-electron chi connectivity index (χ2n) is 3.26. The molecule has 0 aliphatic carbocycles. The topological polar surface area (TPSA) is 76.1 Å². The molecule has 5 heteroatoms. The van der Waals surface area contributed by atoms with E-state index >= 15 is 0 Å². The highest BCUT2D eigenvalue weighted by atomic mass is 35.5. The van der Waals surface area contributed by atoms with Crippen LogP contribution in [0.25, 0.3) is 0 Å². The molecule has 1 atom stereocenters. The highest BCUT2D eigenvalue weighted by Gasteiger charge is 2.41. The number of hydrogen-bond donors (Lipinski definition) is 1. The molecule has 4 nitrogen and oxygen atoms in total. The predicted molar refractivity (Wildman–Crippen MR) is 60.9 cm³/mol. The Morgan fingerprint density at radius 2 is 2.12 bits per heavy atom. The first-order valence-electron chi connectivity index (χ1n) is 4.52. The SMILES string of the molecule is COC(=O)C(C#N)(CCl)c1ccc(N)cc1. The minimum absolute atomic E-state index is 0.167. The number of nitrogens with zero attached hydrogens (tertiary/aromatic N) is 1. The summed E-state index contributed by atoms with van der Waals surface area (Å²) in [6.45, 7) is 0. The van der Waals surface area contributed by atoms with Gasteiger partial charge in [-0.2, -0.15) is 5.26 Å². The fourth-order valence-electron chi connectivity index (χ4n) is 1.33. The number of anilines is 1. The average molecular weight is 239 g/mol. The van der Waals surface area contributed by atoms with Crippen molar-refractivity contribution >= 4 is 23.3 Å². The Kier molecular flexibility index (Phi) is 3.75. The summed E-state index contributed by atoms with van der Waals surface area (Å²) in [6.07, 6.45) is 0. The van der Waals surface area contributed by atoms with E-state index < -0.39 is 11.4 Å². The molecule has 0 radical (unpaired) electrons. The van der Waals surface area contributed by atoms with E-state index in [1.165, 1.54) is 7.11 Å². The number of esters is 1. The first-order valence-corrected chi connectivity index (χ1v) is 5.06. The lowest BCUT2D eigenvalue weighted by atomic mass is 9.84. The van der Waals surface area contributed by atoms with E-state index in [1.807, 2.05) is 6.07 Å². The normalized spacial score (nSPS) is 13.6. The van der Waals surface area contributed by atoms with Crippen LogP contribution in [0.5, 0.6) is 0 Å². The van der Waals surface area contributed by atoms with Crippen LogP contribution in [0.15, 0.2) is 24.3 Å². The van der Waals surface area contributed by atoms with Gasteiger partial charge in [0.2, 0.25) is 0 Å². The van der Waals surface area contributed by atoms with Crippen LogP contribution in [0.2, 0.25) is 0 Å². The molecule has 1 aromatic rings. The first kappa shape index (κ1) is 12.3. The third-order valence-electron chi connectivity index (χ3n) is 2.33. The number of hydrogen-bond acceptors (Lipinski definition) is 4. The van der Waals surface area contributed by atoms with Crippen LogP contribution >= 0.6 is 11.6 Å². The Morgan fingerprint density at radius 3 is 2.50 bits per heavy atom. The van der Waals surface area contributed by atoms with Gasteiger partial charge in [0, 0.05) is 5.69 Å². The quantitative estimate of drug-likeness (QED) is 0.491. The smallest absolute Gasteiger partial charge is 0.332 e. The van der Waals surface area contributed by atoms with Crippen LogP contribution in [0.1, 0.15) is 5.56 Å². The molecule has 0 aromatic heterocycles. The lowest BCUT2D eigenvalue weighted by molar-refractivity contribution is -0.144. The van der Waals surface area contributed by atoms with Gasteiger partial charge in [-0.15, -0.1) is 11.6 Å². The van der Waals surface area contributed by atoms with Crippen molar-refractivity contribution in [3.05, 3.63) is 29.8 Å². The molecule has 1 unspecified atom stereocenters. The maximum atomic E-state index is 11.6. The minimum atomic E-state index is -1.47. The Labute approximate surface area is 98.6 Å². The van der Waals surface area contributed by atoms with Crippen LogP contribution < -0.4 is 5.73 Å². The Morgan fingerprint density at radius 1 is 1.56 bits per heavy atom. The van der Waals surface area contributed by atoms with Crippen LogP contribution in [0, 0.1) is 11.3 Å². The van der Waals surface area contributed by atoms with Crippen LogP contribution in [0.4, 0.5) is 5.69 Å². The monoisotopic (exact) mass is 238 g/mol. The van der Waals surface area contributed by atoms with Gasteiger partial charge in [-0.25, -0.2) is 4.79 Å². The molecule has 0 heterocycles. The van der Waals surface area contributed by atoms with E-state index in [4.69, 9.17) is 22.6 Å². The molecule has 0 aliphatic heterocycles. The van der Waals surface area contributed by atoms with Crippen molar-refractivity contribution < 1.29 is 9.53 Å². The molecule has 0 amide bonds. The highest BCUT2D eigenvalue weighted by molar-refractivity contribution is 6.21. The van der Waals surface area contributed by atoms with Gasteiger partial charge in [-0.1, -0.05) is 12.1 Å². The number of methoxy groups -OCH3 is 1. The van der Waals surface area contributed by atoms with Gasteiger partial charge in [0.1, 0.15) is 0 Å². The number of nitrogen functional groups attached to an aromatic ring is 1. The highest BCUT2D eigenvalue weighted by Crippen LogP contribution is 2.27. The summed E-state index contributed by atoms with van der Waals surface area (Å²) in [7, 11) is 1.22. The zero-order valence-corrected chi connectivity index (χ0v) is 9.49. The number of carbonyl (C=O) groups is 1. The molecule has 1 aromatic carbocycles. The molecule has 84 valence electrons.